The number of hydrogen-bond acceptors (Lipinski definition) is 5. The second-order valence-electron chi connectivity index (χ2n) is 8.93. The lowest BCUT2D eigenvalue weighted by molar-refractivity contribution is -0.139. The number of benzene rings is 2. The smallest absolute Gasteiger partial charge is 0.295 e. The summed E-state index contributed by atoms with van der Waals surface area (Å²) in [6.07, 6.45) is 0.726. The zero-order valence-electron chi connectivity index (χ0n) is 20.2. The van der Waals surface area contributed by atoms with E-state index in [1.807, 2.05) is 50.2 Å². The molecule has 1 unspecified atom stereocenters. The van der Waals surface area contributed by atoms with Crippen molar-refractivity contribution in [2.45, 2.75) is 39.2 Å². The first-order chi connectivity index (χ1) is 15.7. The first kappa shape index (κ1) is 24.5. The third kappa shape index (κ3) is 5.45. The topological polar surface area (TPSA) is 70.1 Å². The van der Waals surface area contributed by atoms with Crippen LogP contribution in [0.1, 0.15) is 55.8 Å². The molecule has 0 saturated carbocycles. The molecule has 1 aliphatic heterocycles. The SMILES string of the molecule is CCOc1ccc(/C(O)=C2/C(=O)C(=O)N(CCCN(C)C)C2c2ccc(C(C)C)cc2)cc1. The first-order valence-corrected chi connectivity index (χ1v) is 11.5. The molecule has 3 rings (SSSR count). The van der Waals surface area contributed by atoms with Gasteiger partial charge >= 0.3 is 0 Å². The summed E-state index contributed by atoms with van der Waals surface area (Å²) >= 11 is 0. The molecule has 1 aliphatic rings. The van der Waals surface area contributed by atoms with Crippen molar-refractivity contribution >= 4 is 17.4 Å². The molecule has 1 heterocycles. The number of Topliss-reactive ketones (excluding diaryl/α,β-unsaturated/α-hetero) is 1. The highest BCUT2D eigenvalue weighted by Crippen LogP contribution is 2.40. The lowest BCUT2D eigenvalue weighted by Gasteiger charge is -2.26. The number of amides is 1. The number of carbonyl (C=O) groups excluding carboxylic acids is 2. The highest BCUT2D eigenvalue weighted by Gasteiger charge is 2.45. The minimum atomic E-state index is -0.649. The van der Waals surface area contributed by atoms with E-state index in [-0.39, 0.29) is 11.3 Å². The highest BCUT2D eigenvalue weighted by molar-refractivity contribution is 6.46. The van der Waals surface area contributed by atoms with Crippen LogP contribution in [0.3, 0.4) is 0 Å². The molecule has 1 saturated heterocycles. The van der Waals surface area contributed by atoms with Crippen LogP contribution in [0.25, 0.3) is 5.76 Å². The van der Waals surface area contributed by atoms with Crippen LogP contribution < -0.4 is 4.74 Å². The molecule has 1 fully saturated rings. The fraction of sp³-hybridized carbons (Fsp3) is 0.407. The summed E-state index contributed by atoms with van der Waals surface area (Å²) in [4.78, 5) is 29.8. The molecule has 2 aromatic carbocycles. The summed E-state index contributed by atoms with van der Waals surface area (Å²) in [6.45, 7) is 7.90. The van der Waals surface area contributed by atoms with Crippen molar-refractivity contribution in [3.8, 4) is 5.75 Å². The van der Waals surface area contributed by atoms with Gasteiger partial charge in [-0.15, -0.1) is 0 Å². The van der Waals surface area contributed by atoms with Crippen LogP contribution >= 0.6 is 0 Å². The van der Waals surface area contributed by atoms with Crippen LogP contribution in [-0.2, 0) is 9.59 Å². The fourth-order valence-electron chi connectivity index (χ4n) is 4.11. The molecule has 2 aromatic rings. The normalized spacial score (nSPS) is 17.9. The molecule has 0 aromatic heterocycles. The number of ketones is 1. The minimum absolute atomic E-state index is 0.131. The van der Waals surface area contributed by atoms with Gasteiger partial charge in [0.05, 0.1) is 18.2 Å². The summed E-state index contributed by atoms with van der Waals surface area (Å²) in [5, 5.41) is 11.2. The number of ether oxygens (including phenoxy) is 1. The van der Waals surface area contributed by atoms with Crippen LogP contribution in [0.15, 0.2) is 54.1 Å². The predicted molar refractivity (Wildman–Crippen MR) is 130 cm³/mol. The zero-order valence-corrected chi connectivity index (χ0v) is 20.2. The summed E-state index contributed by atoms with van der Waals surface area (Å²) in [6, 6.07) is 14.2. The van der Waals surface area contributed by atoms with Gasteiger partial charge in [0.1, 0.15) is 11.5 Å². The Hall–Kier alpha value is -3.12. The second kappa shape index (κ2) is 10.7. The van der Waals surface area contributed by atoms with Gasteiger partial charge in [0.15, 0.2) is 0 Å². The molecular weight excluding hydrogens is 416 g/mol. The Labute approximate surface area is 196 Å². The summed E-state index contributed by atoms with van der Waals surface area (Å²) in [5.74, 6) is -0.332. The number of carbonyl (C=O) groups is 2. The second-order valence-corrected chi connectivity index (χ2v) is 8.93. The zero-order chi connectivity index (χ0) is 24.1. The number of rotatable bonds is 9. The van der Waals surface area contributed by atoms with Gasteiger partial charge in [-0.05, 0) is 75.3 Å². The third-order valence-electron chi connectivity index (χ3n) is 5.90. The molecule has 0 bridgehead atoms. The maximum atomic E-state index is 13.1. The van der Waals surface area contributed by atoms with Crippen molar-refractivity contribution in [3.63, 3.8) is 0 Å². The van der Waals surface area contributed by atoms with Crippen LogP contribution in [0.4, 0.5) is 0 Å². The Morgan fingerprint density at radius 3 is 2.24 bits per heavy atom. The van der Waals surface area contributed by atoms with Gasteiger partial charge in [0.2, 0.25) is 0 Å². The van der Waals surface area contributed by atoms with Crippen LogP contribution in [-0.4, -0.2) is 60.4 Å². The fourth-order valence-corrected chi connectivity index (χ4v) is 4.11. The monoisotopic (exact) mass is 450 g/mol. The van der Waals surface area contributed by atoms with E-state index in [0.717, 1.165) is 18.5 Å². The minimum Gasteiger partial charge on any atom is -0.507 e. The lowest BCUT2D eigenvalue weighted by atomic mass is 9.93. The summed E-state index contributed by atoms with van der Waals surface area (Å²) in [7, 11) is 3.95. The van der Waals surface area contributed by atoms with Crippen molar-refractivity contribution in [2.75, 3.05) is 33.8 Å². The molecule has 33 heavy (non-hydrogen) atoms. The van der Waals surface area contributed by atoms with E-state index >= 15 is 0 Å². The van der Waals surface area contributed by atoms with E-state index in [4.69, 9.17) is 4.74 Å². The molecule has 0 aliphatic carbocycles. The molecule has 6 heteroatoms. The molecule has 176 valence electrons. The Bertz CT molecular complexity index is 1010. The van der Waals surface area contributed by atoms with Crippen molar-refractivity contribution in [1.82, 2.24) is 9.80 Å². The van der Waals surface area contributed by atoms with Gasteiger partial charge in [0.25, 0.3) is 11.7 Å². The predicted octanol–water partition coefficient (Wildman–Crippen LogP) is 4.58. The lowest BCUT2D eigenvalue weighted by Crippen LogP contribution is -2.32. The Morgan fingerprint density at radius 1 is 1.06 bits per heavy atom. The summed E-state index contributed by atoms with van der Waals surface area (Å²) < 4.78 is 5.47. The van der Waals surface area contributed by atoms with Crippen molar-refractivity contribution in [2.24, 2.45) is 0 Å². The largest absolute Gasteiger partial charge is 0.507 e. The van der Waals surface area contributed by atoms with E-state index < -0.39 is 17.7 Å². The maximum Gasteiger partial charge on any atom is 0.295 e. The number of likely N-dealkylation sites (tertiary alicyclic amines) is 1. The van der Waals surface area contributed by atoms with Crippen LogP contribution in [0, 0.1) is 0 Å². The van der Waals surface area contributed by atoms with Gasteiger partial charge in [-0.2, -0.15) is 0 Å². The average Bonchev–Trinajstić information content (AvgIpc) is 3.04. The van der Waals surface area contributed by atoms with Gasteiger partial charge in [-0.1, -0.05) is 38.1 Å². The molecule has 0 spiro atoms. The molecule has 0 radical (unpaired) electrons. The van der Waals surface area contributed by atoms with E-state index in [1.165, 1.54) is 5.56 Å². The Kier molecular flexibility index (Phi) is 7.92. The standard InChI is InChI=1S/C27H34N2O4/c1-6-33-22-14-12-21(13-15-22)25(30)23-24(20-10-8-19(9-11-20)18(2)3)29(27(32)26(23)31)17-7-16-28(4)5/h8-15,18,24,30H,6-7,16-17H2,1-5H3/b25-23-. The van der Waals surface area contributed by atoms with E-state index in [0.29, 0.717) is 30.4 Å². The number of nitrogens with zero attached hydrogens (tertiary/aromatic N) is 2. The number of hydrogen-bond donors (Lipinski definition) is 1. The number of aliphatic hydroxyl groups is 1. The van der Waals surface area contributed by atoms with Gasteiger partial charge in [0, 0.05) is 12.1 Å². The van der Waals surface area contributed by atoms with Crippen molar-refractivity contribution in [1.29, 1.82) is 0 Å². The highest BCUT2D eigenvalue weighted by atomic mass is 16.5. The molecule has 1 N–H and O–H groups in total. The third-order valence-corrected chi connectivity index (χ3v) is 5.90. The molecule has 6 nitrogen and oxygen atoms in total. The Morgan fingerprint density at radius 2 is 1.70 bits per heavy atom. The van der Waals surface area contributed by atoms with E-state index in [1.54, 1.807) is 29.2 Å². The van der Waals surface area contributed by atoms with Gasteiger partial charge in [-0.3, -0.25) is 9.59 Å². The van der Waals surface area contributed by atoms with Crippen molar-refractivity contribution in [3.05, 3.63) is 70.8 Å². The van der Waals surface area contributed by atoms with Gasteiger partial charge < -0.3 is 19.6 Å². The van der Waals surface area contributed by atoms with E-state index in [9.17, 15) is 14.7 Å². The first-order valence-electron chi connectivity index (χ1n) is 11.5. The molecule has 1 atom stereocenters. The van der Waals surface area contributed by atoms with Crippen LogP contribution in [0.5, 0.6) is 5.75 Å². The van der Waals surface area contributed by atoms with Gasteiger partial charge in [-0.25, -0.2) is 0 Å². The molecule has 1 amide bonds. The quantitative estimate of drug-likeness (QED) is 0.344. The van der Waals surface area contributed by atoms with E-state index in [2.05, 4.69) is 13.8 Å². The summed E-state index contributed by atoms with van der Waals surface area (Å²) in [5.41, 5.74) is 2.60. The molecular formula is C27H34N2O4. The van der Waals surface area contributed by atoms with Crippen LogP contribution in [0.2, 0.25) is 0 Å². The van der Waals surface area contributed by atoms with Crippen molar-refractivity contribution < 1.29 is 19.4 Å². The number of aliphatic hydroxyl groups excluding tert-OH is 1. The Balaban J connectivity index is 2.05. The maximum absolute atomic E-state index is 13.1. The average molecular weight is 451 g/mol.